The molecule has 1 saturated heterocycles. The van der Waals surface area contributed by atoms with Crippen molar-refractivity contribution in [1.82, 2.24) is 0 Å². The Morgan fingerprint density at radius 2 is 1.64 bits per heavy atom. The molecule has 1 unspecified atom stereocenters. The van der Waals surface area contributed by atoms with Gasteiger partial charge < -0.3 is 4.43 Å². The highest BCUT2D eigenvalue weighted by atomic mass is 35.6. The van der Waals surface area contributed by atoms with Gasteiger partial charge >= 0.3 is 0 Å². The largest absolute Gasteiger partial charge is 0.413 e. The lowest BCUT2D eigenvalue weighted by Gasteiger charge is -2.47. The van der Waals surface area contributed by atoms with Crippen molar-refractivity contribution in [1.29, 1.82) is 0 Å². The van der Waals surface area contributed by atoms with E-state index in [4.69, 9.17) is 39.2 Å². The van der Waals surface area contributed by atoms with Crippen LogP contribution in [0, 0.1) is 0 Å². The third-order valence-corrected chi connectivity index (χ3v) is 20.7. The highest BCUT2D eigenvalue weighted by Crippen LogP contribution is 2.42. The van der Waals surface area contributed by atoms with Gasteiger partial charge in [-0.05, 0) is 19.5 Å². The molecule has 0 aromatic heterocycles. The Morgan fingerprint density at radius 3 is 2.00 bits per heavy atom. The topological polar surface area (TPSA) is 9.23 Å². The average Bonchev–Trinajstić information content (AvgIpc) is 1.92. The first-order valence-electron chi connectivity index (χ1n) is 4.81. The minimum atomic E-state index is -1.61. The van der Waals surface area contributed by atoms with Crippen LogP contribution in [0.1, 0.15) is 6.42 Å². The van der Waals surface area contributed by atoms with Crippen LogP contribution < -0.4 is 0 Å². The predicted molar refractivity (Wildman–Crippen MR) is 69.6 cm³/mol. The zero-order valence-electron chi connectivity index (χ0n) is 9.03. The molecule has 14 heavy (non-hydrogen) atoms. The van der Waals surface area contributed by atoms with Gasteiger partial charge in [0.15, 0.2) is 7.83 Å². The van der Waals surface area contributed by atoms with Gasteiger partial charge in [-0.1, -0.05) is 53.9 Å². The second-order valence-electron chi connectivity index (χ2n) is 5.08. The maximum Gasteiger partial charge on any atom is 0.215 e. The van der Waals surface area contributed by atoms with Gasteiger partial charge in [0.2, 0.25) is 3.79 Å². The fourth-order valence-electron chi connectivity index (χ4n) is 1.60. The van der Waals surface area contributed by atoms with E-state index in [0.717, 1.165) is 6.42 Å². The Morgan fingerprint density at radius 1 is 1.14 bits per heavy atom. The normalized spacial score (nSPS) is 31.5. The highest BCUT2D eigenvalue weighted by molar-refractivity contribution is 7.38. The monoisotopic (exact) mass is 290 g/mol. The molecule has 0 saturated carbocycles. The van der Waals surface area contributed by atoms with Crippen molar-refractivity contribution in [2.45, 2.75) is 48.5 Å². The molecule has 1 aliphatic rings. The molecule has 0 aromatic carbocycles. The summed E-state index contributed by atoms with van der Waals surface area (Å²) < 4.78 is 4.80. The molecule has 6 heteroatoms. The molecule has 1 aliphatic heterocycles. The summed E-state index contributed by atoms with van der Waals surface area (Å²) in [6.45, 7) is 9.27. The van der Waals surface area contributed by atoms with E-state index in [1.54, 1.807) is 0 Å². The van der Waals surface area contributed by atoms with Crippen molar-refractivity contribution >= 4 is 50.2 Å². The molecule has 0 spiro atoms. The van der Waals surface area contributed by atoms with E-state index in [0.29, 0.717) is 0 Å². The van der Waals surface area contributed by atoms with Crippen molar-refractivity contribution in [2.75, 3.05) is 0 Å². The van der Waals surface area contributed by atoms with Gasteiger partial charge in [0, 0.05) is 0 Å². The van der Waals surface area contributed by atoms with Gasteiger partial charge in [-0.25, -0.2) is 0 Å². The van der Waals surface area contributed by atoms with E-state index in [1.807, 2.05) is 0 Å². The molecule has 84 valence electrons. The summed E-state index contributed by atoms with van der Waals surface area (Å²) in [5.74, 6) is 0. The van der Waals surface area contributed by atoms with E-state index in [9.17, 15) is 0 Å². The number of hydrogen-bond acceptors (Lipinski definition) is 1. The van der Waals surface area contributed by atoms with Gasteiger partial charge in [0.1, 0.15) is 0 Å². The minimum absolute atomic E-state index is 0.199. The summed E-state index contributed by atoms with van der Waals surface area (Å²) in [6, 6.07) is 1.21. The summed E-state index contributed by atoms with van der Waals surface area (Å²) in [4.78, 5) is 0. The Labute approximate surface area is 103 Å². The van der Waals surface area contributed by atoms with Crippen LogP contribution in [-0.4, -0.2) is 25.3 Å². The summed E-state index contributed by atoms with van der Waals surface area (Å²) in [5, 5.41) is 0. The van der Waals surface area contributed by atoms with E-state index in [-0.39, 0.29) is 6.10 Å². The van der Waals surface area contributed by atoms with E-state index < -0.39 is 19.2 Å². The number of hydrogen-bond donors (Lipinski definition) is 0. The fourth-order valence-corrected chi connectivity index (χ4v) is 8.82. The molecule has 0 bridgehead atoms. The highest BCUT2D eigenvalue weighted by Gasteiger charge is 2.51. The Hall–Kier alpha value is 1.26. The molecule has 1 heterocycles. The quantitative estimate of drug-likeness (QED) is 0.481. The first-order chi connectivity index (χ1) is 6.06. The van der Waals surface area contributed by atoms with E-state index in [2.05, 4.69) is 26.2 Å². The van der Waals surface area contributed by atoms with Crippen molar-refractivity contribution in [3.8, 4) is 0 Å². The standard InChI is InChI=1S/C8H17Cl3OSi2/c1-13(2)6-5-7(8(9,10)11)12-14(13,3)4/h7H,5-6H2,1-4H3. The maximum atomic E-state index is 6.06. The SMILES string of the molecule is C[Si]1(C)CCC(C(Cl)(Cl)Cl)O[Si]1(C)C. The predicted octanol–water partition coefficient (Wildman–Crippen LogP) is 4.14. The van der Waals surface area contributed by atoms with Crippen LogP contribution in [0.15, 0.2) is 0 Å². The zero-order chi connectivity index (χ0) is 11.2. The zero-order valence-corrected chi connectivity index (χ0v) is 13.3. The molecule has 0 aromatic rings. The lowest BCUT2D eigenvalue weighted by Crippen LogP contribution is -2.63. The van der Waals surface area contributed by atoms with Gasteiger partial charge in [-0.15, -0.1) is 0 Å². The van der Waals surface area contributed by atoms with Crippen molar-refractivity contribution in [2.24, 2.45) is 0 Å². The van der Waals surface area contributed by atoms with Gasteiger partial charge in [-0.3, -0.25) is 0 Å². The molecule has 1 nitrogen and oxygen atoms in total. The molecule has 0 amide bonds. The van der Waals surface area contributed by atoms with Crippen molar-refractivity contribution in [3.05, 3.63) is 0 Å². The van der Waals surface area contributed by atoms with Crippen LogP contribution in [0.2, 0.25) is 32.2 Å². The third-order valence-electron chi connectivity index (χ3n) is 3.46. The van der Waals surface area contributed by atoms with Gasteiger partial charge in [0.25, 0.3) is 0 Å². The Balaban J connectivity index is 2.78. The number of alkyl halides is 3. The first-order valence-corrected chi connectivity index (χ1v) is 13.1. The Bertz CT molecular complexity index is 225. The summed E-state index contributed by atoms with van der Waals surface area (Å²) >= 11 is 17.6. The van der Waals surface area contributed by atoms with Gasteiger partial charge in [-0.2, -0.15) is 0 Å². The average molecular weight is 292 g/mol. The maximum absolute atomic E-state index is 6.06. The number of halogens is 3. The molecule has 0 radical (unpaired) electrons. The van der Waals surface area contributed by atoms with Gasteiger partial charge in [0.05, 0.1) is 13.7 Å². The molecular weight excluding hydrogens is 275 g/mol. The van der Waals surface area contributed by atoms with Crippen molar-refractivity contribution in [3.63, 3.8) is 0 Å². The third kappa shape index (κ3) is 2.68. The first kappa shape index (κ1) is 13.3. The molecule has 0 aliphatic carbocycles. The molecule has 1 atom stereocenters. The molecule has 1 rings (SSSR count). The number of rotatable bonds is 0. The van der Waals surface area contributed by atoms with Crippen LogP contribution in [0.25, 0.3) is 0 Å². The lowest BCUT2D eigenvalue weighted by molar-refractivity contribution is 0.190. The molecule has 0 N–H and O–H groups in total. The second kappa shape index (κ2) is 3.93. The Kier molecular flexibility index (Phi) is 3.74. The lowest BCUT2D eigenvalue weighted by atomic mass is 10.3. The summed E-state index contributed by atoms with van der Waals surface area (Å²) in [5.41, 5.74) is 0. The van der Waals surface area contributed by atoms with Crippen LogP contribution in [0.4, 0.5) is 0 Å². The smallest absolute Gasteiger partial charge is 0.215 e. The molecule has 1 fully saturated rings. The summed E-state index contributed by atoms with van der Waals surface area (Å²) in [7, 11) is -2.80. The van der Waals surface area contributed by atoms with Crippen LogP contribution >= 0.6 is 34.8 Å². The van der Waals surface area contributed by atoms with Crippen LogP contribution in [0.5, 0.6) is 0 Å². The van der Waals surface area contributed by atoms with Crippen LogP contribution in [0.3, 0.4) is 0 Å². The van der Waals surface area contributed by atoms with Crippen LogP contribution in [-0.2, 0) is 4.43 Å². The van der Waals surface area contributed by atoms with E-state index >= 15 is 0 Å². The van der Waals surface area contributed by atoms with E-state index in [1.165, 1.54) is 6.04 Å². The second-order valence-corrected chi connectivity index (χ2v) is 22.6. The van der Waals surface area contributed by atoms with Crippen molar-refractivity contribution < 1.29 is 4.43 Å². The summed E-state index contributed by atoms with van der Waals surface area (Å²) in [6.07, 6.45) is 0.696. The minimum Gasteiger partial charge on any atom is -0.413 e. The molecular formula is C8H17Cl3OSi2. The fraction of sp³-hybridized carbons (Fsp3) is 1.00.